The third kappa shape index (κ3) is 2.49. The molecule has 4 nitrogen and oxygen atoms in total. The second-order valence-corrected chi connectivity index (χ2v) is 6.89. The molecule has 0 saturated heterocycles. The highest BCUT2D eigenvalue weighted by Crippen LogP contribution is 2.32. The lowest BCUT2D eigenvalue weighted by atomic mass is 10.1. The SMILES string of the molecule is CN(Cc1cc(Br)cs1)c1ccc2c(c1)N(C)C(=O)C2=O. The number of nitrogens with zero attached hydrogens (tertiary/aromatic N) is 2. The Bertz CT molecular complexity index is 741. The summed E-state index contributed by atoms with van der Waals surface area (Å²) in [6.07, 6.45) is 0. The number of fused-ring (bicyclic) bond motifs is 1. The summed E-state index contributed by atoms with van der Waals surface area (Å²) in [5.74, 6) is -0.893. The molecule has 0 atom stereocenters. The van der Waals surface area contributed by atoms with Crippen molar-refractivity contribution in [2.45, 2.75) is 6.54 Å². The van der Waals surface area contributed by atoms with Gasteiger partial charge in [-0.3, -0.25) is 9.59 Å². The molecule has 0 bridgehead atoms. The van der Waals surface area contributed by atoms with Gasteiger partial charge in [-0.1, -0.05) is 0 Å². The highest BCUT2D eigenvalue weighted by molar-refractivity contribution is 9.10. The third-order valence-electron chi connectivity index (χ3n) is 3.54. The zero-order valence-corrected chi connectivity index (χ0v) is 14.0. The van der Waals surface area contributed by atoms with E-state index in [0.717, 1.165) is 16.7 Å². The number of ketones is 1. The second kappa shape index (κ2) is 5.27. The van der Waals surface area contributed by atoms with Crippen LogP contribution in [0.1, 0.15) is 15.2 Å². The molecule has 0 radical (unpaired) electrons. The van der Waals surface area contributed by atoms with Gasteiger partial charge in [0.15, 0.2) is 0 Å². The van der Waals surface area contributed by atoms with E-state index < -0.39 is 11.7 Å². The van der Waals surface area contributed by atoms with Gasteiger partial charge in [-0.2, -0.15) is 0 Å². The summed E-state index contributed by atoms with van der Waals surface area (Å²) in [5.41, 5.74) is 2.15. The van der Waals surface area contributed by atoms with Crippen molar-refractivity contribution in [2.24, 2.45) is 0 Å². The fourth-order valence-electron chi connectivity index (χ4n) is 2.37. The first-order valence-electron chi connectivity index (χ1n) is 6.38. The van der Waals surface area contributed by atoms with Crippen LogP contribution in [0.15, 0.2) is 34.1 Å². The van der Waals surface area contributed by atoms with Crippen molar-refractivity contribution in [3.8, 4) is 0 Å². The van der Waals surface area contributed by atoms with Crippen LogP contribution in [0.2, 0.25) is 0 Å². The molecule has 21 heavy (non-hydrogen) atoms. The number of hydrogen-bond acceptors (Lipinski definition) is 4. The molecule has 2 heterocycles. The molecule has 0 unspecified atom stereocenters. The van der Waals surface area contributed by atoms with Crippen LogP contribution in [0.5, 0.6) is 0 Å². The molecule has 1 aromatic heterocycles. The number of hydrogen-bond donors (Lipinski definition) is 0. The van der Waals surface area contributed by atoms with Crippen LogP contribution in [-0.2, 0) is 11.3 Å². The highest BCUT2D eigenvalue weighted by atomic mass is 79.9. The highest BCUT2D eigenvalue weighted by Gasteiger charge is 2.33. The first-order valence-corrected chi connectivity index (χ1v) is 8.05. The number of benzene rings is 1. The molecule has 0 saturated carbocycles. The summed E-state index contributed by atoms with van der Waals surface area (Å²) < 4.78 is 1.08. The number of carbonyl (C=O) groups excluding carboxylic acids is 2. The maximum absolute atomic E-state index is 11.8. The monoisotopic (exact) mass is 364 g/mol. The Labute approximate surface area is 135 Å². The molecule has 108 valence electrons. The maximum Gasteiger partial charge on any atom is 0.299 e. The summed E-state index contributed by atoms with van der Waals surface area (Å²) in [6, 6.07) is 7.59. The van der Waals surface area contributed by atoms with Crippen LogP contribution in [0.3, 0.4) is 0 Å². The van der Waals surface area contributed by atoms with Crippen LogP contribution in [-0.4, -0.2) is 25.8 Å². The molecule has 3 rings (SSSR count). The Kier molecular flexibility index (Phi) is 3.59. The zero-order valence-electron chi connectivity index (χ0n) is 11.6. The van der Waals surface area contributed by atoms with Gasteiger partial charge in [-0.25, -0.2) is 0 Å². The standard InChI is InChI=1S/C15H13BrN2O2S/c1-17(7-11-5-9(16)8-21-11)10-3-4-12-13(6-10)18(2)15(20)14(12)19/h3-6,8H,7H2,1-2H3. The minimum absolute atomic E-state index is 0.427. The van der Waals surface area contributed by atoms with Crippen molar-refractivity contribution >= 4 is 50.3 Å². The summed E-state index contributed by atoms with van der Waals surface area (Å²) >= 11 is 5.14. The molecular formula is C15H13BrN2O2S. The lowest BCUT2D eigenvalue weighted by Crippen LogP contribution is -2.24. The van der Waals surface area contributed by atoms with Crippen LogP contribution in [0.4, 0.5) is 11.4 Å². The first kappa shape index (κ1) is 14.3. The molecule has 0 aliphatic carbocycles. The van der Waals surface area contributed by atoms with E-state index in [1.807, 2.05) is 19.2 Å². The van der Waals surface area contributed by atoms with Gasteiger partial charge in [0.1, 0.15) is 0 Å². The van der Waals surface area contributed by atoms with E-state index in [1.54, 1.807) is 24.5 Å². The van der Waals surface area contributed by atoms with Crippen molar-refractivity contribution in [3.63, 3.8) is 0 Å². The average molecular weight is 365 g/mol. The predicted molar refractivity (Wildman–Crippen MR) is 88.3 cm³/mol. The van der Waals surface area contributed by atoms with Gasteiger partial charge in [0.2, 0.25) is 0 Å². The molecule has 6 heteroatoms. The number of rotatable bonds is 3. The van der Waals surface area contributed by atoms with Crippen LogP contribution < -0.4 is 9.80 Å². The summed E-state index contributed by atoms with van der Waals surface area (Å²) in [7, 11) is 3.63. The van der Waals surface area contributed by atoms with Crippen molar-refractivity contribution in [1.29, 1.82) is 0 Å². The molecule has 1 aromatic carbocycles. The number of amides is 1. The fourth-order valence-corrected chi connectivity index (χ4v) is 3.87. The quantitative estimate of drug-likeness (QED) is 0.784. The fraction of sp³-hybridized carbons (Fsp3) is 0.200. The molecule has 0 fully saturated rings. The Morgan fingerprint density at radius 1 is 1.29 bits per heavy atom. The van der Waals surface area contributed by atoms with E-state index in [9.17, 15) is 9.59 Å². The molecule has 1 amide bonds. The predicted octanol–water partition coefficient (Wildman–Crippen LogP) is 3.31. The lowest BCUT2D eigenvalue weighted by Gasteiger charge is -2.20. The average Bonchev–Trinajstić information content (AvgIpc) is 2.97. The van der Waals surface area contributed by atoms with E-state index >= 15 is 0 Å². The largest absolute Gasteiger partial charge is 0.369 e. The van der Waals surface area contributed by atoms with Crippen molar-refractivity contribution < 1.29 is 9.59 Å². The van der Waals surface area contributed by atoms with Crippen molar-refractivity contribution in [2.75, 3.05) is 23.9 Å². The number of anilines is 2. The number of likely N-dealkylation sites (N-methyl/N-ethyl adjacent to an activating group) is 1. The Morgan fingerprint density at radius 3 is 2.71 bits per heavy atom. The van der Waals surface area contributed by atoms with Gasteiger partial charge >= 0.3 is 0 Å². The smallest absolute Gasteiger partial charge is 0.299 e. The summed E-state index contributed by atoms with van der Waals surface area (Å²) in [5, 5.41) is 2.05. The van der Waals surface area contributed by atoms with Gasteiger partial charge in [0.25, 0.3) is 11.7 Å². The van der Waals surface area contributed by atoms with Crippen molar-refractivity contribution in [3.05, 3.63) is 44.6 Å². The minimum atomic E-state index is -0.466. The van der Waals surface area contributed by atoms with Gasteiger partial charge in [0.05, 0.1) is 17.8 Å². The van der Waals surface area contributed by atoms with Crippen molar-refractivity contribution in [1.82, 2.24) is 0 Å². The molecule has 2 aromatic rings. The van der Waals surface area contributed by atoms with E-state index in [2.05, 4.69) is 32.3 Å². The molecule has 0 spiro atoms. The van der Waals surface area contributed by atoms with E-state index in [0.29, 0.717) is 11.3 Å². The molecule has 1 aliphatic rings. The topological polar surface area (TPSA) is 40.6 Å². The Balaban J connectivity index is 1.87. The normalized spacial score (nSPS) is 13.8. The summed E-state index contributed by atoms with van der Waals surface area (Å²) in [4.78, 5) is 28.2. The first-order chi connectivity index (χ1) is 9.97. The van der Waals surface area contributed by atoms with Gasteiger partial charge in [-0.05, 0) is 40.2 Å². The van der Waals surface area contributed by atoms with Crippen LogP contribution in [0.25, 0.3) is 0 Å². The van der Waals surface area contributed by atoms with Crippen LogP contribution in [0, 0.1) is 0 Å². The van der Waals surface area contributed by atoms with E-state index in [1.165, 1.54) is 9.78 Å². The van der Waals surface area contributed by atoms with Gasteiger partial charge in [0, 0.05) is 34.5 Å². The Hall–Kier alpha value is -1.66. The van der Waals surface area contributed by atoms with Gasteiger partial charge in [-0.15, -0.1) is 11.3 Å². The summed E-state index contributed by atoms with van der Waals surface area (Å²) in [6.45, 7) is 0.778. The molecular weight excluding hydrogens is 352 g/mol. The number of Topliss-reactive ketones (excluding diaryl/α,β-unsaturated/α-hetero) is 1. The maximum atomic E-state index is 11.8. The number of thiophene rings is 1. The molecule has 0 N–H and O–H groups in total. The second-order valence-electron chi connectivity index (χ2n) is 4.98. The minimum Gasteiger partial charge on any atom is -0.369 e. The third-order valence-corrected chi connectivity index (χ3v) is 5.22. The Morgan fingerprint density at radius 2 is 2.05 bits per heavy atom. The molecule has 1 aliphatic heterocycles. The van der Waals surface area contributed by atoms with Gasteiger partial charge < -0.3 is 9.80 Å². The zero-order chi connectivity index (χ0) is 15.1. The van der Waals surface area contributed by atoms with Crippen LogP contribution >= 0.6 is 27.3 Å². The lowest BCUT2D eigenvalue weighted by molar-refractivity contribution is -0.114. The number of carbonyl (C=O) groups is 2. The number of halogens is 1. The van der Waals surface area contributed by atoms with E-state index in [4.69, 9.17) is 0 Å². The van der Waals surface area contributed by atoms with E-state index in [-0.39, 0.29) is 0 Å².